The smallest absolute Gasteiger partial charge is 0.329 e. The van der Waals surface area contributed by atoms with E-state index in [-0.39, 0.29) is 18.8 Å². The summed E-state index contributed by atoms with van der Waals surface area (Å²) in [7, 11) is 1.72. The van der Waals surface area contributed by atoms with E-state index >= 15 is 0 Å². The van der Waals surface area contributed by atoms with Crippen LogP contribution in [0.1, 0.15) is 24.0 Å². The van der Waals surface area contributed by atoms with E-state index in [0.717, 1.165) is 24.0 Å². The Hall–Kier alpha value is -1.43. The molecule has 20 heavy (non-hydrogen) atoms. The van der Waals surface area contributed by atoms with Crippen LogP contribution in [0.15, 0.2) is 24.3 Å². The molecule has 1 aliphatic heterocycles. The molecule has 0 amide bonds. The summed E-state index contributed by atoms with van der Waals surface area (Å²) < 4.78 is 16.3. The molecule has 0 aromatic heterocycles. The minimum absolute atomic E-state index is 0.284. The summed E-state index contributed by atoms with van der Waals surface area (Å²) in [6, 6.07) is 7.94. The monoisotopic (exact) mass is 280 g/mol. The maximum Gasteiger partial charge on any atom is 0.329 e. The number of hydrogen-bond donors (Lipinski definition) is 1. The molecule has 1 heterocycles. The number of methoxy groups -OCH3 is 1. The molecule has 0 bridgehead atoms. The van der Waals surface area contributed by atoms with Gasteiger partial charge in [0.05, 0.1) is 12.2 Å². The molecular weight excluding hydrogens is 260 g/mol. The molecule has 0 spiro atoms. The summed E-state index contributed by atoms with van der Waals surface area (Å²) in [5.74, 6) is -0.959. The van der Waals surface area contributed by atoms with E-state index in [1.54, 1.807) is 7.11 Å². The van der Waals surface area contributed by atoms with E-state index in [1.807, 2.05) is 24.3 Å². The van der Waals surface area contributed by atoms with Crippen molar-refractivity contribution in [3.8, 4) is 0 Å². The first-order chi connectivity index (χ1) is 9.66. The zero-order valence-electron chi connectivity index (χ0n) is 11.6. The molecule has 1 N–H and O–H groups in total. The normalized spacial score (nSPS) is 17.9. The summed E-state index contributed by atoms with van der Waals surface area (Å²) in [4.78, 5) is 10.4. The number of ether oxygens (including phenoxy) is 3. The van der Waals surface area contributed by atoms with E-state index in [9.17, 15) is 4.79 Å². The lowest BCUT2D eigenvalue weighted by atomic mass is 9.85. The zero-order valence-corrected chi connectivity index (χ0v) is 11.6. The number of carboxylic acids is 1. The van der Waals surface area contributed by atoms with Crippen molar-refractivity contribution in [1.29, 1.82) is 0 Å². The Kier molecular flexibility index (Phi) is 5.11. The van der Waals surface area contributed by atoms with Crippen LogP contribution in [0.5, 0.6) is 0 Å². The van der Waals surface area contributed by atoms with Crippen LogP contribution in [-0.4, -0.2) is 38.0 Å². The molecule has 5 heteroatoms. The molecule has 0 radical (unpaired) electrons. The fourth-order valence-electron chi connectivity index (χ4n) is 2.51. The van der Waals surface area contributed by atoms with E-state index < -0.39 is 5.97 Å². The maximum atomic E-state index is 10.4. The molecule has 1 aromatic carbocycles. The first-order valence-corrected chi connectivity index (χ1v) is 6.68. The van der Waals surface area contributed by atoms with Crippen molar-refractivity contribution in [2.75, 3.05) is 26.9 Å². The summed E-state index contributed by atoms with van der Waals surface area (Å²) in [5.41, 5.74) is 1.74. The molecule has 0 aliphatic carbocycles. The van der Waals surface area contributed by atoms with E-state index in [2.05, 4.69) is 0 Å². The first kappa shape index (κ1) is 15.0. The highest BCUT2D eigenvalue weighted by Crippen LogP contribution is 2.35. The molecule has 0 unspecified atom stereocenters. The van der Waals surface area contributed by atoms with Crippen molar-refractivity contribution in [3.05, 3.63) is 35.4 Å². The quantitative estimate of drug-likeness (QED) is 0.862. The fourth-order valence-corrected chi connectivity index (χ4v) is 2.51. The SMILES string of the molecule is COC1(c2cccc(COCC(=O)O)c2)CCOCC1. The lowest BCUT2D eigenvalue weighted by Crippen LogP contribution is -2.35. The Balaban J connectivity index is 2.09. The van der Waals surface area contributed by atoms with Gasteiger partial charge in [-0.1, -0.05) is 24.3 Å². The van der Waals surface area contributed by atoms with Gasteiger partial charge < -0.3 is 19.3 Å². The second kappa shape index (κ2) is 6.83. The van der Waals surface area contributed by atoms with Gasteiger partial charge in [0.1, 0.15) is 6.61 Å². The van der Waals surface area contributed by atoms with Crippen molar-refractivity contribution < 1.29 is 24.1 Å². The molecule has 1 aromatic rings. The highest BCUT2D eigenvalue weighted by molar-refractivity contribution is 5.67. The minimum atomic E-state index is -0.959. The Morgan fingerprint density at radius 3 is 2.80 bits per heavy atom. The highest BCUT2D eigenvalue weighted by atomic mass is 16.5. The Morgan fingerprint density at radius 2 is 2.15 bits per heavy atom. The molecule has 0 saturated carbocycles. The Morgan fingerprint density at radius 1 is 1.40 bits per heavy atom. The van der Waals surface area contributed by atoms with Gasteiger partial charge in [-0.2, -0.15) is 0 Å². The number of benzene rings is 1. The largest absolute Gasteiger partial charge is 0.480 e. The molecule has 1 fully saturated rings. The predicted octanol–water partition coefficient (Wildman–Crippen LogP) is 1.94. The van der Waals surface area contributed by atoms with Crippen molar-refractivity contribution in [2.24, 2.45) is 0 Å². The van der Waals surface area contributed by atoms with Crippen LogP contribution in [0.2, 0.25) is 0 Å². The summed E-state index contributed by atoms with van der Waals surface area (Å²) in [5, 5.41) is 8.57. The number of carboxylic acid groups (broad SMARTS) is 1. The standard InChI is InChI=1S/C15H20O5/c1-18-15(5-7-19-8-6-15)13-4-2-3-12(9-13)10-20-11-14(16)17/h2-4,9H,5-8,10-11H2,1H3,(H,16,17). The van der Waals surface area contributed by atoms with Gasteiger partial charge in [-0.05, 0) is 11.1 Å². The minimum Gasteiger partial charge on any atom is -0.480 e. The van der Waals surface area contributed by atoms with Crippen LogP contribution in [0, 0.1) is 0 Å². The van der Waals surface area contributed by atoms with Gasteiger partial charge in [0, 0.05) is 33.2 Å². The van der Waals surface area contributed by atoms with Gasteiger partial charge in [-0.15, -0.1) is 0 Å². The molecule has 1 aliphatic rings. The first-order valence-electron chi connectivity index (χ1n) is 6.68. The number of hydrogen-bond acceptors (Lipinski definition) is 4. The second-order valence-corrected chi connectivity index (χ2v) is 4.90. The van der Waals surface area contributed by atoms with E-state index in [1.165, 1.54) is 0 Å². The van der Waals surface area contributed by atoms with Gasteiger partial charge in [-0.3, -0.25) is 0 Å². The van der Waals surface area contributed by atoms with Crippen LogP contribution in [0.25, 0.3) is 0 Å². The predicted molar refractivity (Wildman–Crippen MR) is 72.5 cm³/mol. The van der Waals surface area contributed by atoms with E-state index in [0.29, 0.717) is 13.2 Å². The van der Waals surface area contributed by atoms with Crippen molar-refractivity contribution in [2.45, 2.75) is 25.0 Å². The van der Waals surface area contributed by atoms with Crippen LogP contribution in [0.3, 0.4) is 0 Å². The molecule has 0 atom stereocenters. The average molecular weight is 280 g/mol. The van der Waals surface area contributed by atoms with Crippen LogP contribution in [0.4, 0.5) is 0 Å². The van der Waals surface area contributed by atoms with Gasteiger partial charge in [0.25, 0.3) is 0 Å². The molecule has 2 rings (SSSR count). The Bertz CT molecular complexity index is 451. The van der Waals surface area contributed by atoms with Crippen molar-refractivity contribution >= 4 is 5.97 Å². The van der Waals surface area contributed by atoms with Crippen LogP contribution < -0.4 is 0 Å². The summed E-state index contributed by atoms with van der Waals surface area (Å²) in [6.45, 7) is 1.38. The molecule has 5 nitrogen and oxygen atoms in total. The zero-order chi connectivity index (χ0) is 14.4. The van der Waals surface area contributed by atoms with Gasteiger partial charge in [0.2, 0.25) is 0 Å². The second-order valence-electron chi connectivity index (χ2n) is 4.90. The molecular formula is C15H20O5. The number of carbonyl (C=O) groups is 1. The van der Waals surface area contributed by atoms with Crippen molar-refractivity contribution in [3.63, 3.8) is 0 Å². The lowest BCUT2D eigenvalue weighted by Gasteiger charge is -2.36. The Labute approximate surface area is 118 Å². The third kappa shape index (κ3) is 3.56. The van der Waals surface area contributed by atoms with Crippen LogP contribution >= 0.6 is 0 Å². The van der Waals surface area contributed by atoms with E-state index in [4.69, 9.17) is 19.3 Å². The topological polar surface area (TPSA) is 65.0 Å². The molecule has 110 valence electrons. The number of aliphatic carboxylic acids is 1. The van der Waals surface area contributed by atoms with Crippen molar-refractivity contribution in [1.82, 2.24) is 0 Å². The fraction of sp³-hybridized carbons (Fsp3) is 0.533. The molecule has 1 saturated heterocycles. The summed E-state index contributed by atoms with van der Waals surface area (Å²) in [6.07, 6.45) is 1.64. The summed E-state index contributed by atoms with van der Waals surface area (Å²) >= 11 is 0. The average Bonchev–Trinajstić information content (AvgIpc) is 2.48. The number of rotatable bonds is 6. The van der Waals surface area contributed by atoms with Crippen LogP contribution in [-0.2, 0) is 31.2 Å². The third-order valence-corrected chi connectivity index (χ3v) is 3.64. The lowest BCUT2D eigenvalue weighted by molar-refractivity contribution is -0.142. The van der Waals surface area contributed by atoms with Gasteiger partial charge >= 0.3 is 5.97 Å². The van der Waals surface area contributed by atoms with Gasteiger partial charge in [-0.25, -0.2) is 4.79 Å². The third-order valence-electron chi connectivity index (χ3n) is 3.64. The maximum absolute atomic E-state index is 10.4. The van der Waals surface area contributed by atoms with Gasteiger partial charge in [0.15, 0.2) is 0 Å². The highest BCUT2D eigenvalue weighted by Gasteiger charge is 2.34.